The SMILES string of the molecule is O=C(O)CCCN1C(O)C=CC1O. The van der Waals surface area contributed by atoms with E-state index in [-0.39, 0.29) is 6.42 Å². The molecule has 0 aromatic heterocycles. The van der Waals surface area contributed by atoms with Crippen LogP contribution in [0, 0.1) is 0 Å². The van der Waals surface area contributed by atoms with Gasteiger partial charge < -0.3 is 15.3 Å². The van der Waals surface area contributed by atoms with E-state index in [1.54, 1.807) is 0 Å². The van der Waals surface area contributed by atoms with Crippen molar-refractivity contribution in [1.82, 2.24) is 4.90 Å². The fourth-order valence-electron chi connectivity index (χ4n) is 1.25. The first-order valence-electron chi connectivity index (χ1n) is 4.13. The number of carboxylic acids is 1. The van der Waals surface area contributed by atoms with Crippen molar-refractivity contribution in [3.05, 3.63) is 12.2 Å². The molecule has 0 aromatic rings. The highest BCUT2D eigenvalue weighted by molar-refractivity contribution is 5.66. The van der Waals surface area contributed by atoms with Crippen LogP contribution >= 0.6 is 0 Å². The van der Waals surface area contributed by atoms with Gasteiger partial charge in [0.2, 0.25) is 0 Å². The zero-order chi connectivity index (χ0) is 9.84. The highest BCUT2D eigenvalue weighted by Crippen LogP contribution is 2.13. The number of aliphatic hydroxyl groups is 2. The summed E-state index contributed by atoms with van der Waals surface area (Å²) in [5, 5.41) is 26.9. The minimum atomic E-state index is -0.865. The molecular weight excluding hydrogens is 174 g/mol. The summed E-state index contributed by atoms with van der Waals surface area (Å²) in [7, 11) is 0. The van der Waals surface area contributed by atoms with E-state index in [1.165, 1.54) is 17.1 Å². The van der Waals surface area contributed by atoms with Gasteiger partial charge in [-0.05, 0) is 18.6 Å². The van der Waals surface area contributed by atoms with E-state index in [9.17, 15) is 15.0 Å². The standard InChI is InChI=1S/C8H13NO4/c10-6-3-4-7(11)9(6)5-1-2-8(12)13/h3-4,6-7,10-11H,1-2,5H2,(H,12,13). The number of hydrogen-bond donors (Lipinski definition) is 3. The van der Waals surface area contributed by atoms with Crippen molar-refractivity contribution >= 4 is 5.97 Å². The molecule has 0 aromatic carbocycles. The van der Waals surface area contributed by atoms with Crippen LogP contribution in [0.1, 0.15) is 12.8 Å². The molecule has 2 atom stereocenters. The fraction of sp³-hybridized carbons (Fsp3) is 0.625. The largest absolute Gasteiger partial charge is 0.481 e. The van der Waals surface area contributed by atoms with Gasteiger partial charge in [-0.3, -0.25) is 4.79 Å². The topological polar surface area (TPSA) is 81.0 Å². The molecule has 0 saturated heterocycles. The molecule has 1 heterocycles. The maximum Gasteiger partial charge on any atom is 0.303 e. The maximum atomic E-state index is 10.2. The highest BCUT2D eigenvalue weighted by atomic mass is 16.4. The lowest BCUT2D eigenvalue weighted by Gasteiger charge is -2.23. The molecule has 0 aliphatic carbocycles. The van der Waals surface area contributed by atoms with Crippen LogP contribution in [-0.4, -0.2) is 45.2 Å². The zero-order valence-electron chi connectivity index (χ0n) is 7.13. The Labute approximate surface area is 75.9 Å². The molecule has 0 fully saturated rings. The third-order valence-electron chi connectivity index (χ3n) is 1.94. The summed E-state index contributed by atoms with van der Waals surface area (Å²) in [4.78, 5) is 11.6. The monoisotopic (exact) mass is 187 g/mol. The van der Waals surface area contributed by atoms with Crippen molar-refractivity contribution < 1.29 is 20.1 Å². The van der Waals surface area contributed by atoms with Gasteiger partial charge in [0.05, 0.1) is 0 Å². The molecule has 0 saturated carbocycles. The summed E-state index contributed by atoms with van der Waals surface area (Å²) in [6, 6.07) is 0. The van der Waals surface area contributed by atoms with Crippen molar-refractivity contribution in [2.75, 3.05) is 6.54 Å². The average molecular weight is 187 g/mol. The normalized spacial score (nSPS) is 28.2. The van der Waals surface area contributed by atoms with Gasteiger partial charge in [-0.25, -0.2) is 4.90 Å². The summed E-state index contributed by atoms with van der Waals surface area (Å²) < 4.78 is 0. The van der Waals surface area contributed by atoms with Gasteiger partial charge in [0, 0.05) is 13.0 Å². The smallest absolute Gasteiger partial charge is 0.303 e. The minimum Gasteiger partial charge on any atom is -0.481 e. The van der Waals surface area contributed by atoms with E-state index in [0.29, 0.717) is 13.0 Å². The molecule has 0 radical (unpaired) electrons. The second-order valence-corrected chi connectivity index (χ2v) is 2.95. The first kappa shape index (κ1) is 10.2. The van der Waals surface area contributed by atoms with Crippen molar-refractivity contribution in [1.29, 1.82) is 0 Å². The van der Waals surface area contributed by atoms with Crippen LogP contribution in [0.25, 0.3) is 0 Å². The Morgan fingerprint density at radius 2 is 1.85 bits per heavy atom. The Morgan fingerprint density at radius 1 is 1.31 bits per heavy atom. The van der Waals surface area contributed by atoms with Gasteiger partial charge in [0.15, 0.2) is 0 Å². The van der Waals surface area contributed by atoms with Crippen LogP contribution in [0.2, 0.25) is 0 Å². The first-order valence-corrected chi connectivity index (χ1v) is 4.13. The number of nitrogens with zero attached hydrogens (tertiary/aromatic N) is 1. The summed E-state index contributed by atoms with van der Waals surface area (Å²) in [5.41, 5.74) is 0. The average Bonchev–Trinajstić information content (AvgIpc) is 2.34. The maximum absolute atomic E-state index is 10.2. The number of aliphatic hydroxyl groups excluding tert-OH is 2. The third kappa shape index (κ3) is 2.80. The number of carboxylic acid groups (broad SMARTS) is 1. The van der Waals surface area contributed by atoms with Crippen LogP contribution in [-0.2, 0) is 4.79 Å². The van der Waals surface area contributed by atoms with E-state index in [4.69, 9.17) is 5.11 Å². The molecule has 3 N–H and O–H groups in total. The molecule has 74 valence electrons. The van der Waals surface area contributed by atoms with Gasteiger partial charge in [-0.1, -0.05) is 0 Å². The van der Waals surface area contributed by atoms with Crippen molar-refractivity contribution in [2.24, 2.45) is 0 Å². The van der Waals surface area contributed by atoms with Crippen molar-refractivity contribution in [3.8, 4) is 0 Å². The van der Waals surface area contributed by atoms with E-state index in [1.807, 2.05) is 0 Å². The van der Waals surface area contributed by atoms with E-state index in [2.05, 4.69) is 0 Å². The Kier molecular flexibility index (Phi) is 3.41. The zero-order valence-corrected chi connectivity index (χ0v) is 7.13. The lowest BCUT2D eigenvalue weighted by molar-refractivity contribution is -0.137. The summed E-state index contributed by atoms with van der Waals surface area (Å²) in [6.45, 7) is 0.377. The van der Waals surface area contributed by atoms with E-state index in [0.717, 1.165) is 0 Å². The van der Waals surface area contributed by atoms with Crippen LogP contribution in [0.5, 0.6) is 0 Å². The number of rotatable bonds is 4. The van der Waals surface area contributed by atoms with Crippen molar-refractivity contribution in [2.45, 2.75) is 25.3 Å². The first-order chi connectivity index (χ1) is 6.11. The second-order valence-electron chi connectivity index (χ2n) is 2.95. The molecule has 5 heteroatoms. The molecule has 13 heavy (non-hydrogen) atoms. The minimum absolute atomic E-state index is 0.0515. The summed E-state index contributed by atoms with van der Waals surface area (Å²) in [6.07, 6.45) is 1.85. The molecular formula is C8H13NO4. The Hall–Kier alpha value is -0.910. The van der Waals surface area contributed by atoms with Crippen LogP contribution in [0.3, 0.4) is 0 Å². The molecule has 2 unspecified atom stereocenters. The molecule has 1 aliphatic rings. The summed E-state index contributed by atoms with van der Waals surface area (Å²) >= 11 is 0. The predicted molar refractivity (Wildman–Crippen MR) is 44.7 cm³/mol. The highest BCUT2D eigenvalue weighted by Gasteiger charge is 2.24. The Balaban J connectivity index is 2.25. The van der Waals surface area contributed by atoms with Crippen LogP contribution in [0.15, 0.2) is 12.2 Å². The van der Waals surface area contributed by atoms with Crippen LogP contribution in [0.4, 0.5) is 0 Å². The van der Waals surface area contributed by atoms with E-state index < -0.39 is 18.4 Å². The lowest BCUT2D eigenvalue weighted by Crippen LogP contribution is -2.37. The Morgan fingerprint density at radius 3 is 2.31 bits per heavy atom. The number of hydrogen-bond acceptors (Lipinski definition) is 4. The van der Waals surface area contributed by atoms with Gasteiger partial charge in [-0.2, -0.15) is 0 Å². The second kappa shape index (κ2) is 4.36. The van der Waals surface area contributed by atoms with Gasteiger partial charge in [0.25, 0.3) is 0 Å². The molecule has 0 bridgehead atoms. The van der Waals surface area contributed by atoms with E-state index >= 15 is 0 Å². The molecule has 0 amide bonds. The molecule has 1 aliphatic heterocycles. The van der Waals surface area contributed by atoms with Gasteiger partial charge >= 0.3 is 5.97 Å². The van der Waals surface area contributed by atoms with Crippen LogP contribution < -0.4 is 0 Å². The molecule has 0 spiro atoms. The number of carbonyl (C=O) groups is 1. The third-order valence-corrected chi connectivity index (χ3v) is 1.94. The quantitative estimate of drug-likeness (QED) is 0.510. The molecule has 1 rings (SSSR count). The fourth-order valence-corrected chi connectivity index (χ4v) is 1.25. The lowest BCUT2D eigenvalue weighted by atomic mass is 10.3. The Bertz CT molecular complexity index is 204. The molecule has 5 nitrogen and oxygen atoms in total. The summed E-state index contributed by atoms with van der Waals surface area (Å²) in [5.74, 6) is -0.865. The van der Waals surface area contributed by atoms with Crippen molar-refractivity contribution in [3.63, 3.8) is 0 Å². The van der Waals surface area contributed by atoms with Gasteiger partial charge in [-0.15, -0.1) is 0 Å². The van der Waals surface area contributed by atoms with Gasteiger partial charge in [0.1, 0.15) is 12.5 Å². The number of aliphatic carboxylic acids is 1. The predicted octanol–water partition coefficient (Wildman–Crippen LogP) is -0.640.